The number of nitrogens with zero attached hydrogens (tertiary/aromatic N) is 1. The minimum absolute atomic E-state index is 0.356. The van der Waals surface area contributed by atoms with Crippen molar-refractivity contribution in [1.82, 2.24) is 10.9 Å². The highest BCUT2D eigenvalue weighted by molar-refractivity contribution is 5.91. The Labute approximate surface area is 35.5 Å². The zero-order chi connectivity index (χ0) is 4.41. The van der Waals surface area contributed by atoms with Gasteiger partial charge in [-0.15, -0.1) is 0 Å². The van der Waals surface area contributed by atoms with Crippen molar-refractivity contribution in [1.29, 1.82) is 5.41 Å². The molecular weight excluding hydrogens is 78.1 g/mol. The lowest BCUT2D eigenvalue weighted by molar-refractivity contribution is 0.828. The van der Waals surface area contributed by atoms with Gasteiger partial charge in [0.2, 0.25) is 0 Å². The first-order valence-electron chi connectivity index (χ1n) is 1.60. The highest BCUT2D eigenvalue weighted by Gasteiger charge is 1.91. The van der Waals surface area contributed by atoms with Gasteiger partial charge in [0.15, 0.2) is 0 Å². The highest BCUT2D eigenvalue weighted by Crippen LogP contribution is 1.75. The fraction of sp³-hybridized carbons (Fsp3) is 0. The van der Waals surface area contributed by atoms with Crippen LogP contribution in [-0.4, -0.2) is 5.84 Å². The van der Waals surface area contributed by atoms with E-state index in [0.717, 1.165) is 0 Å². The molecule has 0 atom stereocenters. The topological polar surface area (TPSA) is 50.0 Å². The van der Waals surface area contributed by atoms with E-state index >= 15 is 0 Å². The van der Waals surface area contributed by atoms with E-state index in [9.17, 15) is 0 Å². The fourth-order valence-electron chi connectivity index (χ4n) is 0.256. The van der Waals surface area contributed by atoms with Crippen LogP contribution in [-0.2, 0) is 0 Å². The third-order valence-corrected chi connectivity index (χ3v) is 0.501. The van der Waals surface area contributed by atoms with E-state index < -0.39 is 0 Å². The fourth-order valence-corrected chi connectivity index (χ4v) is 0.256. The van der Waals surface area contributed by atoms with Crippen LogP contribution in [0.15, 0.2) is 12.3 Å². The summed E-state index contributed by atoms with van der Waals surface area (Å²) in [6.07, 6.45) is 3.13. The molecule has 0 aromatic carbocycles. The lowest BCUT2D eigenvalue weighted by Gasteiger charge is -1.84. The first kappa shape index (κ1) is 3.21. The van der Waals surface area contributed by atoms with Crippen molar-refractivity contribution in [2.45, 2.75) is 0 Å². The lowest BCUT2D eigenvalue weighted by Crippen LogP contribution is -2.18. The van der Waals surface area contributed by atoms with Crippen LogP contribution in [0.5, 0.6) is 0 Å². The summed E-state index contributed by atoms with van der Waals surface area (Å²) in [5.41, 5.74) is 5.93. The number of rotatable bonds is 0. The maximum atomic E-state index is 6.76. The van der Waals surface area contributed by atoms with Crippen LogP contribution in [0.2, 0.25) is 0 Å². The second-order valence-corrected chi connectivity index (χ2v) is 0.970. The molecule has 1 radical (unpaired) electrons. The molecule has 0 aromatic rings. The van der Waals surface area contributed by atoms with Crippen molar-refractivity contribution in [3.8, 4) is 0 Å². The van der Waals surface area contributed by atoms with Gasteiger partial charge in [-0.1, -0.05) is 0 Å². The number of nitrogens with one attached hydrogen (secondary N) is 2. The molecule has 0 aliphatic carbocycles. The van der Waals surface area contributed by atoms with Crippen LogP contribution in [0.3, 0.4) is 0 Å². The van der Waals surface area contributed by atoms with Crippen molar-refractivity contribution in [2.75, 3.05) is 0 Å². The van der Waals surface area contributed by atoms with Gasteiger partial charge in [0, 0.05) is 6.08 Å². The van der Waals surface area contributed by atoms with Gasteiger partial charge in [0.25, 0.3) is 0 Å². The summed E-state index contributed by atoms with van der Waals surface area (Å²) in [5, 5.41) is 6.76. The minimum atomic E-state index is 0.356. The first-order valence-corrected chi connectivity index (χ1v) is 1.60. The van der Waals surface area contributed by atoms with E-state index in [1.807, 2.05) is 0 Å². The maximum Gasteiger partial charge on any atom is 0.140 e. The second-order valence-electron chi connectivity index (χ2n) is 0.970. The molecule has 0 fully saturated rings. The summed E-state index contributed by atoms with van der Waals surface area (Å²) in [7, 11) is 0. The summed E-state index contributed by atoms with van der Waals surface area (Å²) >= 11 is 0. The van der Waals surface area contributed by atoms with Gasteiger partial charge in [-0.3, -0.25) is 10.8 Å². The molecule has 3 nitrogen and oxygen atoms in total. The third-order valence-electron chi connectivity index (χ3n) is 0.501. The van der Waals surface area contributed by atoms with Crippen LogP contribution in [0, 0.1) is 5.41 Å². The summed E-state index contributed by atoms with van der Waals surface area (Å²) in [6, 6.07) is 0. The molecular formula is C3H4N3. The van der Waals surface area contributed by atoms with Gasteiger partial charge < -0.3 is 0 Å². The Hall–Kier alpha value is -0.990. The molecule has 3 heteroatoms. The van der Waals surface area contributed by atoms with E-state index in [-0.39, 0.29) is 0 Å². The first-order chi connectivity index (χ1) is 2.89. The molecule has 0 bridgehead atoms. The van der Waals surface area contributed by atoms with Crippen LogP contribution in [0.25, 0.3) is 0 Å². The minimum Gasteiger partial charge on any atom is -0.283 e. The lowest BCUT2D eigenvalue weighted by atomic mass is 10.6. The average molecular weight is 82.1 g/mol. The Morgan fingerprint density at radius 2 is 2.67 bits per heavy atom. The Morgan fingerprint density at radius 1 is 1.83 bits per heavy atom. The van der Waals surface area contributed by atoms with E-state index in [1.54, 1.807) is 12.3 Å². The summed E-state index contributed by atoms with van der Waals surface area (Å²) in [5.74, 6) is 0.356. The standard InChI is InChI=1S/C3H4N3/c4-3-1-2-5-6-3/h1-2H,(H2,4,6). The monoisotopic (exact) mass is 82.0 g/mol. The zero-order valence-corrected chi connectivity index (χ0v) is 3.10. The Morgan fingerprint density at radius 3 is 2.83 bits per heavy atom. The van der Waals surface area contributed by atoms with Gasteiger partial charge in [0.1, 0.15) is 5.84 Å². The average Bonchev–Trinajstić information content (AvgIpc) is 1.86. The predicted octanol–water partition coefficient (Wildman–Crippen LogP) is -0.400. The molecule has 0 aromatic heterocycles. The van der Waals surface area contributed by atoms with Crippen molar-refractivity contribution in [3.05, 3.63) is 12.3 Å². The zero-order valence-electron chi connectivity index (χ0n) is 3.10. The third kappa shape index (κ3) is 0.337. The van der Waals surface area contributed by atoms with Crippen LogP contribution < -0.4 is 10.9 Å². The van der Waals surface area contributed by atoms with Gasteiger partial charge >= 0.3 is 0 Å². The number of amidine groups is 1. The molecule has 0 amide bonds. The molecule has 0 spiro atoms. The summed E-state index contributed by atoms with van der Waals surface area (Å²) in [4.78, 5) is 0. The Kier molecular flexibility index (Phi) is 0.538. The molecule has 1 aliphatic rings. The molecule has 31 valence electrons. The normalized spacial score (nSPS) is 17.0. The van der Waals surface area contributed by atoms with Gasteiger partial charge in [0.05, 0.1) is 6.20 Å². The van der Waals surface area contributed by atoms with Crippen molar-refractivity contribution in [3.63, 3.8) is 0 Å². The second kappa shape index (κ2) is 1.01. The molecule has 0 saturated carbocycles. The molecule has 1 aliphatic heterocycles. The van der Waals surface area contributed by atoms with E-state index in [1.165, 1.54) is 0 Å². The van der Waals surface area contributed by atoms with Crippen molar-refractivity contribution >= 4 is 5.84 Å². The maximum absolute atomic E-state index is 6.76. The van der Waals surface area contributed by atoms with Crippen LogP contribution in [0.1, 0.15) is 0 Å². The largest absolute Gasteiger partial charge is 0.283 e. The van der Waals surface area contributed by atoms with Crippen LogP contribution in [0.4, 0.5) is 0 Å². The SMILES string of the molecule is N=C1C=C[N]N1. The molecule has 1 heterocycles. The van der Waals surface area contributed by atoms with Crippen molar-refractivity contribution in [2.24, 2.45) is 0 Å². The molecule has 6 heavy (non-hydrogen) atoms. The van der Waals surface area contributed by atoms with E-state index in [4.69, 9.17) is 5.41 Å². The van der Waals surface area contributed by atoms with Crippen molar-refractivity contribution < 1.29 is 0 Å². The van der Waals surface area contributed by atoms with E-state index in [2.05, 4.69) is 10.9 Å². The van der Waals surface area contributed by atoms with Gasteiger partial charge in [-0.05, 0) is 0 Å². The predicted molar refractivity (Wildman–Crippen MR) is 22.1 cm³/mol. The number of hydrogen-bond donors (Lipinski definition) is 2. The molecule has 1 rings (SSSR count). The smallest absolute Gasteiger partial charge is 0.140 e. The Bertz CT molecular complexity index is 94.2. The quantitative estimate of drug-likeness (QED) is 0.410. The molecule has 0 saturated heterocycles. The van der Waals surface area contributed by atoms with Gasteiger partial charge in [-0.2, -0.15) is 5.43 Å². The Balaban J connectivity index is 2.59. The summed E-state index contributed by atoms with van der Waals surface area (Å²) < 4.78 is 0. The molecule has 0 unspecified atom stereocenters. The highest BCUT2D eigenvalue weighted by atomic mass is 15.4. The molecule has 2 N–H and O–H groups in total. The van der Waals surface area contributed by atoms with E-state index in [0.29, 0.717) is 5.84 Å². The van der Waals surface area contributed by atoms with Crippen LogP contribution >= 0.6 is 0 Å². The summed E-state index contributed by atoms with van der Waals surface area (Å²) in [6.45, 7) is 0. The number of hydrogen-bond acceptors (Lipinski definition) is 1. The van der Waals surface area contributed by atoms with Gasteiger partial charge in [-0.25, -0.2) is 0 Å².